The molecule has 0 spiro atoms. The number of halogens is 1. The van der Waals surface area contributed by atoms with Crippen molar-refractivity contribution in [1.82, 2.24) is 10.2 Å². The van der Waals surface area contributed by atoms with Gasteiger partial charge in [0.1, 0.15) is 18.4 Å². The topological polar surface area (TPSA) is 86.8 Å². The van der Waals surface area contributed by atoms with E-state index in [9.17, 15) is 22.4 Å². The molecule has 0 heterocycles. The number of hydrogen-bond donors (Lipinski definition) is 1. The minimum absolute atomic E-state index is 0.00267. The number of rotatable bonds is 11. The lowest BCUT2D eigenvalue weighted by Crippen LogP contribution is -2.52. The fourth-order valence-electron chi connectivity index (χ4n) is 4.05. The molecule has 9 heteroatoms. The van der Waals surface area contributed by atoms with E-state index in [0.29, 0.717) is 11.3 Å². The number of hydrogen-bond acceptors (Lipinski definition) is 4. The average Bonchev–Trinajstić information content (AvgIpc) is 2.91. The van der Waals surface area contributed by atoms with Gasteiger partial charge in [-0.1, -0.05) is 56.3 Å². The highest BCUT2D eigenvalue weighted by Gasteiger charge is 2.32. The SMILES string of the molecule is CC(C)NC(=O)[C@@H](C)N(Cc1ccc(F)cc1)C(=O)CN(c1ccc(C(C)C)cc1)S(=O)(=O)c1ccccc1. The molecule has 208 valence electrons. The summed E-state index contributed by atoms with van der Waals surface area (Å²) in [6.45, 7) is 8.75. The lowest BCUT2D eigenvalue weighted by molar-refractivity contribution is -0.139. The van der Waals surface area contributed by atoms with Crippen LogP contribution in [0.25, 0.3) is 0 Å². The molecule has 0 radical (unpaired) electrons. The largest absolute Gasteiger partial charge is 0.352 e. The molecule has 0 aliphatic carbocycles. The Kier molecular flexibility index (Phi) is 9.86. The van der Waals surface area contributed by atoms with Crippen molar-refractivity contribution in [2.75, 3.05) is 10.8 Å². The number of benzene rings is 3. The molecule has 0 saturated heterocycles. The third-order valence-corrected chi connectivity index (χ3v) is 8.11. The number of sulfonamides is 1. The molecule has 7 nitrogen and oxygen atoms in total. The molecule has 0 aliphatic rings. The van der Waals surface area contributed by atoms with Crippen LogP contribution >= 0.6 is 0 Å². The first-order chi connectivity index (χ1) is 18.4. The summed E-state index contributed by atoms with van der Waals surface area (Å²) in [6, 6.07) is 19.5. The number of carbonyl (C=O) groups excluding carboxylic acids is 2. The van der Waals surface area contributed by atoms with E-state index in [-0.39, 0.29) is 29.3 Å². The van der Waals surface area contributed by atoms with Crippen LogP contribution < -0.4 is 9.62 Å². The summed E-state index contributed by atoms with van der Waals surface area (Å²) in [5.74, 6) is -1.13. The lowest BCUT2D eigenvalue weighted by Gasteiger charge is -2.32. The zero-order valence-corrected chi connectivity index (χ0v) is 23.8. The fraction of sp³-hybridized carbons (Fsp3) is 0.333. The minimum Gasteiger partial charge on any atom is -0.352 e. The lowest BCUT2D eigenvalue weighted by atomic mass is 10.0. The smallest absolute Gasteiger partial charge is 0.264 e. The summed E-state index contributed by atoms with van der Waals surface area (Å²) >= 11 is 0. The van der Waals surface area contributed by atoms with Gasteiger partial charge in [-0.15, -0.1) is 0 Å². The van der Waals surface area contributed by atoms with Crippen LogP contribution in [0.5, 0.6) is 0 Å². The molecule has 1 atom stereocenters. The molecule has 0 bridgehead atoms. The molecule has 0 aromatic heterocycles. The summed E-state index contributed by atoms with van der Waals surface area (Å²) in [6.07, 6.45) is 0. The second-order valence-corrected chi connectivity index (χ2v) is 11.9. The van der Waals surface area contributed by atoms with Crippen LogP contribution in [-0.4, -0.2) is 43.8 Å². The highest BCUT2D eigenvalue weighted by atomic mass is 32.2. The van der Waals surface area contributed by atoms with Crippen molar-refractivity contribution in [1.29, 1.82) is 0 Å². The molecule has 0 aliphatic heterocycles. The molecule has 3 aromatic rings. The monoisotopic (exact) mass is 553 g/mol. The molecule has 1 N–H and O–H groups in total. The molecule has 39 heavy (non-hydrogen) atoms. The Hall–Kier alpha value is -3.72. The van der Waals surface area contributed by atoms with Gasteiger partial charge in [0.05, 0.1) is 10.6 Å². The Balaban J connectivity index is 2.02. The van der Waals surface area contributed by atoms with Crippen molar-refractivity contribution in [2.24, 2.45) is 0 Å². The van der Waals surface area contributed by atoms with Gasteiger partial charge in [0.2, 0.25) is 11.8 Å². The zero-order chi connectivity index (χ0) is 28.7. The van der Waals surface area contributed by atoms with E-state index in [0.717, 1.165) is 9.87 Å². The molecule has 0 saturated carbocycles. The van der Waals surface area contributed by atoms with Gasteiger partial charge in [0.15, 0.2) is 0 Å². The van der Waals surface area contributed by atoms with E-state index >= 15 is 0 Å². The van der Waals surface area contributed by atoms with Crippen molar-refractivity contribution in [3.8, 4) is 0 Å². The van der Waals surface area contributed by atoms with E-state index < -0.39 is 34.3 Å². The summed E-state index contributed by atoms with van der Waals surface area (Å²) in [5.41, 5.74) is 1.96. The maximum absolute atomic E-state index is 13.8. The predicted molar refractivity (Wildman–Crippen MR) is 151 cm³/mol. The highest BCUT2D eigenvalue weighted by Crippen LogP contribution is 2.26. The predicted octanol–water partition coefficient (Wildman–Crippen LogP) is 5.09. The summed E-state index contributed by atoms with van der Waals surface area (Å²) < 4.78 is 42.2. The van der Waals surface area contributed by atoms with Crippen molar-refractivity contribution in [3.05, 3.63) is 95.8 Å². The number of carbonyl (C=O) groups is 2. The Morgan fingerprint density at radius 1 is 0.846 bits per heavy atom. The highest BCUT2D eigenvalue weighted by molar-refractivity contribution is 7.92. The molecular formula is C30H36FN3O4S. The van der Waals surface area contributed by atoms with Gasteiger partial charge < -0.3 is 10.2 Å². The van der Waals surface area contributed by atoms with E-state index in [1.54, 1.807) is 37.3 Å². The summed E-state index contributed by atoms with van der Waals surface area (Å²) in [4.78, 5) is 28.1. The Morgan fingerprint density at radius 3 is 1.97 bits per heavy atom. The number of amides is 2. The van der Waals surface area contributed by atoms with E-state index in [4.69, 9.17) is 0 Å². The first-order valence-electron chi connectivity index (χ1n) is 12.9. The molecule has 0 unspecified atom stereocenters. The Labute approximate surface area is 230 Å². The van der Waals surface area contributed by atoms with E-state index in [1.807, 2.05) is 39.8 Å². The normalized spacial score (nSPS) is 12.3. The third kappa shape index (κ3) is 7.66. The first-order valence-corrected chi connectivity index (χ1v) is 14.4. The Morgan fingerprint density at radius 2 is 1.44 bits per heavy atom. The van der Waals surface area contributed by atoms with Crippen molar-refractivity contribution in [2.45, 2.75) is 64.1 Å². The van der Waals surface area contributed by atoms with Crippen LogP contribution in [0, 0.1) is 5.82 Å². The van der Waals surface area contributed by atoms with Gasteiger partial charge in [-0.25, -0.2) is 12.8 Å². The maximum atomic E-state index is 13.8. The van der Waals surface area contributed by atoms with Crippen LogP contribution in [0.3, 0.4) is 0 Å². The van der Waals surface area contributed by atoms with Crippen LogP contribution in [0.2, 0.25) is 0 Å². The van der Waals surface area contributed by atoms with Gasteiger partial charge in [0.25, 0.3) is 10.0 Å². The first kappa shape index (κ1) is 29.8. The number of nitrogens with one attached hydrogen (secondary N) is 1. The number of anilines is 1. The standard InChI is InChI=1S/C30H36FN3O4S/c1-21(2)25-13-17-27(18-14-25)34(39(37,38)28-9-7-6-8-10-28)20-29(35)33(23(5)30(36)32-22(3)4)19-24-11-15-26(31)16-12-24/h6-18,21-23H,19-20H2,1-5H3,(H,32,36)/t23-/m1/s1. The van der Waals surface area contributed by atoms with Crippen molar-refractivity contribution < 1.29 is 22.4 Å². The van der Waals surface area contributed by atoms with Gasteiger partial charge in [-0.3, -0.25) is 13.9 Å². The van der Waals surface area contributed by atoms with E-state index in [2.05, 4.69) is 5.32 Å². The van der Waals surface area contributed by atoms with Gasteiger partial charge >= 0.3 is 0 Å². The quantitative estimate of drug-likeness (QED) is 0.359. The van der Waals surface area contributed by atoms with Gasteiger partial charge in [-0.2, -0.15) is 0 Å². The fourth-order valence-corrected chi connectivity index (χ4v) is 5.48. The molecule has 3 rings (SSSR count). The molecule has 3 aromatic carbocycles. The van der Waals surface area contributed by atoms with E-state index in [1.165, 1.54) is 41.3 Å². The van der Waals surface area contributed by atoms with Crippen LogP contribution in [0.1, 0.15) is 51.7 Å². The van der Waals surface area contributed by atoms with Crippen LogP contribution in [-0.2, 0) is 26.2 Å². The summed E-state index contributed by atoms with van der Waals surface area (Å²) in [7, 11) is -4.12. The second-order valence-electron chi connectivity index (χ2n) is 10.1. The average molecular weight is 554 g/mol. The van der Waals surface area contributed by atoms with Gasteiger partial charge in [-0.05, 0) is 74.2 Å². The summed E-state index contributed by atoms with van der Waals surface area (Å²) in [5, 5.41) is 2.81. The zero-order valence-electron chi connectivity index (χ0n) is 23.0. The molecule has 2 amide bonds. The molecule has 0 fully saturated rings. The van der Waals surface area contributed by atoms with Gasteiger partial charge in [0, 0.05) is 12.6 Å². The second kappa shape index (κ2) is 12.9. The third-order valence-electron chi connectivity index (χ3n) is 6.32. The minimum atomic E-state index is -4.12. The van der Waals surface area contributed by atoms with Crippen LogP contribution in [0.4, 0.5) is 10.1 Å². The van der Waals surface area contributed by atoms with Crippen molar-refractivity contribution >= 4 is 27.5 Å². The molecular weight excluding hydrogens is 517 g/mol. The van der Waals surface area contributed by atoms with Crippen molar-refractivity contribution in [3.63, 3.8) is 0 Å². The number of nitrogens with zero attached hydrogens (tertiary/aromatic N) is 2. The maximum Gasteiger partial charge on any atom is 0.264 e. The van der Waals surface area contributed by atoms with Crippen LogP contribution in [0.15, 0.2) is 83.8 Å². The Bertz CT molecular complexity index is 1360.